The van der Waals surface area contributed by atoms with E-state index in [-0.39, 0.29) is 5.91 Å². The van der Waals surface area contributed by atoms with Gasteiger partial charge >= 0.3 is 0 Å². The summed E-state index contributed by atoms with van der Waals surface area (Å²) < 4.78 is 5.54. The van der Waals surface area contributed by atoms with Crippen LogP contribution in [0.2, 0.25) is 0 Å². The molecule has 19 heavy (non-hydrogen) atoms. The van der Waals surface area contributed by atoms with Crippen molar-refractivity contribution in [2.75, 3.05) is 11.9 Å². The van der Waals surface area contributed by atoms with Crippen LogP contribution in [0.3, 0.4) is 0 Å². The van der Waals surface area contributed by atoms with Gasteiger partial charge in [-0.05, 0) is 52.2 Å². The summed E-state index contributed by atoms with van der Waals surface area (Å²) in [5, 5.41) is 6.28. The molecule has 4 nitrogen and oxygen atoms in total. The van der Waals surface area contributed by atoms with Gasteiger partial charge in [-0.2, -0.15) is 0 Å². The highest BCUT2D eigenvalue weighted by atomic mass is 79.9. The lowest BCUT2D eigenvalue weighted by atomic mass is 9.99. The molecular formula is C14H13BrN2O2. The molecule has 3 rings (SSSR count). The molecule has 0 radical (unpaired) electrons. The third-order valence-corrected chi connectivity index (χ3v) is 3.87. The van der Waals surface area contributed by atoms with E-state index >= 15 is 0 Å². The lowest BCUT2D eigenvalue weighted by molar-refractivity contribution is 0.102. The van der Waals surface area contributed by atoms with Crippen molar-refractivity contribution in [3.8, 4) is 0 Å². The molecule has 0 aliphatic carbocycles. The van der Waals surface area contributed by atoms with E-state index in [0.717, 1.165) is 25.2 Å². The Bertz CT molecular complexity index is 622. The molecule has 1 aliphatic rings. The van der Waals surface area contributed by atoms with Crippen molar-refractivity contribution in [2.45, 2.75) is 13.0 Å². The van der Waals surface area contributed by atoms with Crippen molar-refractivity contribution in [1.29, 1.82) is 0 Å². The molecule has 5 heteroatoms. The predicted molar refractivity (Wildman–Crippen MR) is 76.2 cm³/mol. The Hall–Kier alpha value is -1.59. The molecule has 2 aromatic rings. The first-order valence-electron chi connectivity index (χ1n) is 6.11. The van der Waals surface area contributed by atoms with Crippen molar-refractivity contribution in [3.63, 3.8) is 0 Å². The average molecular weight is 321 g/mol. The monoisotopic (exact) mass is 320 g/mol. The van der Waals surface area contributed by atoms with Gasteiger partial charge in [0, 0.05) is 12.2 Å². The maximum atomic E-state index is 12.2. The number of furan rings is 1. The van der Waals surface area contributed by atoms with Crippen LogP contribution in [0.25, 0.3) is 0 Å². The van der Waals surface area contributed by atoms with Crippen LogP contribution in [0.15, 0.2) is 39.6 Å². The van der Waals surface area contributed by atoms with Crippen molar-refractivity contribution in [1.82, 2.24) is 5.32 Å². The van der Waals surface area contributed by atoms with Crippen LogP contribution in [0.4, 0.5) is 5.69 Å². The number of benzene rings is 1. The van der Waals surface area contributed by atoms with Crippen LogP contribution in [0.5, 0.6) is 0 Å². The van der Waals surface area contributed by atoms with Gasteiger partial charge in [-0.3, -0.25) is 4.79 Å². The number of amides is 1. The molecule has 98 valence electrons. The van der Waals surface area contributed by atoms with E-state index < -0.39 is 0 Å². The fraction of sp³-hybridized carbons (Fsp3) is 0.214. The van der Waals surface area contributed by atoms with Crippen LogP contribution in [-0.2, 0) is 13.0 Å². The van der Waals surface area contributed by atoms with Gasteiger partial charge in [0.05, 0.1) is 11.8 Å². The maximum Gasteiger partial charge on any atom is 0.260 e. The summed E-state index contributed by atoms with van der Waals surface area (Å²) in [7, 11) is 0. The molecule has 2 heterocycles. The minimum absolute atomic E-state index is 0.160. The van der Waals surface area contributed by atoms with Crippen LogP contribution < -0.4 is 10.6 Å². The second-order valence-corrected chi connectivity index (χ2v) is 5.15. The molecule has 0 saturated heterocycles. The Morgan fingerprint density at radius 3 is 3.05 bits per heavy atom. The average Bonchev–Trinajstić information content (AvgIpc) is 2.85. The van der Waals surface area contributed by atoms with Gasteiger partial charge in [-0.1, -0.05) is 12.1 Å². The highest BCUT2D eigenvalue weighted by Crippen LogP contribution is 2.25. The standard InChI is InChI=1S/C14H13BrN2O2/c15-13-11(5-7-19-13)14(18)17-12-3-1-2-9-8-16-6-4-10(9)12/h1-3,5,7,16H,4,6,8H2,(H,17,18). The smallest absolute Gasteiger partial charge is 0.260 e. The van der Waals surface area contributed by atoms with Crippen LogP contribution in [0, 0.1) is 0 Å². The number of fused-ring (bicyclic) bond motifs is 1. The lowest BCUT2D eigenvalue weighted by Gasteiger charge is -2.20. The molecule has 0 bridgehead atoms. The predicted octanol–water partition coefficient (Wildman–Crippen LogP) is 2.94. The van der Waals surface area contributed by atoms with Crippen LogP contribution >= 0.6 is 15.9 Å². The number of carbonyl (C=O) groups is 1. The van der Waals surface area contributed by atoms with Crippen molar-refractivity contribution in [3.05, 3.63) is 51.9 Å². The number of hydrogen-bond acceptors (Lipinski definition) is 3. The van der Waals surface area contributed by atoms with Gasteiger partial charge in [0.15, 0.2) is 4.67 Å². The van der Waals surface area contributed by atoms with Crippen molar-refractivity contribution >= 4 is 27.5 Å². The summed E-state index contributed by atoms with van der Waals surface area (Å²) in [6, 6.07) is 7.64. The summed E-state index contributed by atoms with van der Waals surface area (Å²) in [5.41, 5.74) is 3.85. The fourth-order valence-corrected chi connectivity index (χ4v) is 2.71. The van der Waals surface area contributed by atoms with Gasteiger partial charge in [-0.25, -0.2) is 0 Å². The number of hydrogen-bond donors (Lipinski definition) is 2. The molecule has 0 atom stereocenters. The molecule has 1 aliphatic heterocycles. The first-order valence-corrected chi connectivity index (χ1v) is 6.91. The quantitative estimate of drug-likeness (QED) is 0.894. The van der Waals surface area contributed by atoms with Crippen molar-refractivity contribution in [2.24, 2.45) is 0 Å². The first kappa shape index (κ1) is 12.4. The second kappa shape index (κ2) is 5.19. The second-order valence-electron chi connectivity index (χ2n) is 4.43. The highest BCUT2D eigenvalue weighted by molar-refractivity contribution is 9.10. The third kappa shape index (κ3) is 2.43. The van der Waals surface area contributed by atoms with Gasteiger partial charge < -0.3 is 15.1 Å². The summed E-state index contributed by atoms with van der Waals surface area (Å²) in [6.07, 6.45) is 2.42. The number of nitrogens with one attached hydrogen (secondary N) is 2. The summed E-state index contributed by atoms with van der Waals surface area (Å²) in [6.45, 7) is 1.80. The Kier molecular flexibility index (Phi) is 3.40. The SMILES string of the molecule is O=C(Nc1cccc2c1CCNC2)c1ccoc1Br. The lowest BCUT2D eigenvalue weighted by Crippen LogP contribution is -2.25. The Morgan fingerprint density at radius 2 is 2.26 bits per heavy atom. The fourth-order valence-electron chi connectivity index (χ4n) is 2.29. The molecule has 2 N–H and O–H groups in total. The van der Waals surface area contributed by atoms with Gasteiger partial charge in [0.1, 0.15) is 0 Å². The molecule has 0 unspecified atom stereocenters. The molecule has 1 amide bonds. The molecular weight excluding hydrogens is 308 g/mol. The zero-order chi connectivity index (χ0) is 13.2. The minimum atomic E-state index is -0.160. The van der Waals surface area contributed by atoms with Crippen molar-refractivity contribution < 1.29 is 9.21 Å². The zero-order valence-electron chi connectivity index (χ0n) is 10.2. The number of anilines is 1. The molecule has 1 aromatic carbocycles. The minimum Gasteiger partial charge on any atom is -0.457 e. The number of rotatable bonds is 2. The van der Waals surface area contributed by atoms with E-state index in [0.29, 0.717) is 10.2 Å². The molecule has 0 saturated carbocycles. The van der Waals surface area contributed by atoms with Gasteiger partial charge in [0.25, 0.3) is 5.91 Å². The van der Waals surface area contributed by atoms with Crippen LogP contribution in [0.1, 0.15) is 21.5 Å². The topological polar surface area (TPSA) is 54.3 Å². The van der Waals surface area contributed by atoms with E-state index in [9.17, 15) is 4.79 Å². The summed E-state index contributed by atoms with van der Waals surface area (Å²) >= 11 is 3.22. The first-order chi connectivity index (χ1) is 9.25. The number of halogens is 1. The van der Waals surface area contributed by atoms with E-state index in [1.807, 2.05) is 12.1 Å². The Labute approximate surface area is 119 Å². The third-order valence-electron chi connectivity index (χ3n) is 3.25. The number of carbonyl (C=O) groups excluding carboxylic acids is 1. The van der Waals surface area contributed by atoms with E-state index in [4.69, 9.17) is 4.42 Å². The van der Waals surface area contributed by atoms with Gasteiger partial charge in [0.2, 0.25) is 0 Å². The normalized spacial score (nSPS) is 13.9. The van der Waals surface area contributed by atoms with Gasteiger partial charge in [-0.15, -0.1) is 0 Å². The Morgan fingerprint density at radius 1 is 1.37 bits per heavy atom. The molecule has 1 aromatic heterocycles. The van der Waals surface area contributed by atoms with E-state index in [1.165, 1.54) is 17.4 Å². The summed E-state index contributed by atoms with van der Waals surface area (Å²) in [4.78, 5) is 12.2. The zero-order valence-corrected chi connectivity index (χ0v) is 11.8. The summed E-state index contributed by atoms with van der Waals surface area (Å²) in [5.74, 6) is -0.160. The van der Waals surface area contributed by atoms with Crippen LogP contribution in [-0.4, -0.2) is 12.5 Å². The highest BCUT2D eigenvalue weighted by Gasteiger charge is 2.17. The molecule has 0 spiro atoms. The maximum absolute atomic E-state index is 12.2. The molecule has 0 fully saturated rings. The largest absolute Gasteiger partial charge is 0.457 e. The van der Waals surface area contributed by atoms with E-state index in [2.05, 4.69) is 32.6 Å². The Balaban J connectivity index is 1.88. The van der Waals surface area contributed by atoms with E-state index in [1.54, 1.807) is 6.07 Å².